The molecule has 0 saturated carbocycles. The van der Waals surface area contributed by atoms with Gasteiger partial charge in [-0.15, -0.1) is 0 Å². The standard InChI is InChI=1S/C19H25NO3S2/c1-14-6-5-7-17(12-14)13-24-11-10-20-25(21,22)19-9-8-18(23-4)15(2)16(19)3/h5-9,12,20H,10-11,13H2,1-4H3. The minimum Gasteiger partial charge on any atom is -0.496 e. The summed E-state index contributed by atoms with van der Waals surface area (Å²) >= 11 is 1.72. The molecule has 25 heavy (non-hydrogen) atoms. The SMILES string of the molecule is COc1ccc(S(=O)(=O)NCCSCc2cccc(C)c2)c(C)c1C. The van der Waals surface area contributed by atoms with E-state index in [-0.39, 0.29) is 0 Å². The van der Waals surface area contributed by atoms with Crippen molar-refractivity contribution < 1.29 is 13.2 Å². The van der Waals surface area contributed by atoms with E-state index in [4.69, 9.17) is 4.74 Å². The van der Waals surface area contributed by atoms with Gasteiger partial charge in [-0.05, 0) is 49.6 Å². The Balaban J connectivity index is 1.90. The van der Waals surface area contributed by atoms with Gasteiger partial charge in [-0.1, -0.05) is 29.8 Å². The number of hydrogen-bond donors (Lipinski definition) is 1. The first-order valence-corrected chi connectivity index (χ1v) is 10.8. The predicted molar refractivity (Wildman–Crippen MR) is 105 cm³/mol. The van der Waals surface area contributed by atoms with E-state index in [1.54, 1.807) is 37.9 Å². The Kier molecular flexibility index (Phi) is 6.93. The Morgan fingerprint density at radius 2 is 1.84 bits per heavy atom. The number of sulfonamides is 1. The molecule has 0 aromatic heterocycles. The van der Waals surface area contributed by atoms with Gasteiger partial charge in [0.2, 0.25) is 10.0 Å². The first kappa shape index (κ1) is 19.8. The summed E-state index contributed by atoms with van der Waals surface area (Å²) in [5.74, 6) is 2.30. The van der Waals surface area contributed by atoms with Gasteiger partial charge < -0.3 is 4.74 Å². The molecule has 0 bridgehead atoms. The van der Waals surface area contributed by atoms with Gasteiger partial charge in [0.15, 0.2) is 0 Å². The van der Waals surface area contributed by atoms with Gasteiger partial charge in [0.05, 0.1) is 12.0 Å². The summed E-state index contributed by atoms with van der Waals surface area (Å²) in [6, 6.07) is 11.7. The lowest BCUT2D eigenvalue weighted by Gasteiger charge is -2.13. The Labute approximate surface area is 155 Å². The van der Waals surface area contributed by atoms with Crippen LogP contribution in [0.3, 0.4) is 0 Å². The van der Waals surface area contributed by atoms with Gasteiger partial charge in [0.25, 0.3) is 0 Å². The van der Waals surface area contributed by atoms with Crippen molar-refractivity contribution in [3.8, 4) is 5.75 Å². The zero-order chi connectivity index (χ0) is 18.4. The van der Waals surface area contributed by atoms with Gasteiger partial charge in [-0.2, -0.15) is 11.8 Å². The molecule has 2 aromatic rings. The summed E-state index contributed by atoms with van der Waals surface area (Å²) in [4.78, 5) is 0.314. The number of methoxy groups -OCH3 is 1. The highest BCUT2D eigenvalue weighted by atomic mass is 32.2. The monoisotopic (exact) mass is 379 g/mol. The molecule has 0 amide bonds. The second-order valence-electron chi connectivity index (χ2n) is 5.96. The lowest BCUT2D eigenvalue weighted by atomic mass is 10.1. The molecule has 0 aliphatic rings. The maximum Gasteiger partial charge on any atom is 0.240 e. The normalized spacial score (nSPS) is 11.5. The zero-order valence-corrected chi connectivity index (χ0v) is 16.8. The van der Waals surface area contributed by atoms with E-state index in [9.17, 15) is 8.42 Å². The molecule has 4 nitrogen and oxygen atoms in total. The van der Waals surface area contributed by atoms with E-state index in [0.29, 0.717) is 17.2 Å². The number of hydrogen-bond acceptors (Lipinski definition) is 4. The summed E-state index contributed by atoms with van der Waals surface area (Å²) in [6.07, 6.45) is 0. The van der Waals surface area contributed by atoms with Crippen molar-refractivity contribution >= 4 is 21.8 Å². The summed E-state index contributed by atoms with van der Waals surface area (Å²) in [5.41, 5.74) is 4.07. The number of thioether (sulfide) groups is 1. The number of nitrogens with one attached hydrogen (secondary N) is 1. The Bertz CT molecular complexity index is 833. The van der Waals surface area contributed by atoms with Crippen LogP contribution in [0, 0.1) is 20.8 Å². The molecular formula is C19H25NO3S2. The van der Waals surface area contributed by atoms with Crippen molar-refractivity contribution in [3.63, 3.8) is 0 Å². The molecule has 0 aliphatic carbocycles. The molecule has 0 spiro atoms. The second kappa shape index (κ2) is 8.74. The quantitative estimate of drug-likeness (QED) is 0.708. The fraction of sp³-hybridized carbons (Fsp3) is 0.368. The van der Waals surface area contributed by atoms with Crippen LogP contribution in [0.15, 0.2) is 41.3 Å². The van der Waals surface area contributed by atoms with Crippen LogP contribution >= 0.6 is 11.8 Å². The average Bonchev–Trinajstić information content (AvgIpc) is 2.56. The molecule has 136 valence electrons. The van der Waals surface area contributed by atoms with E-state index >= 15 is 0 Å². The topological polar surface area (TPSA) is 55.4 Å². The van der Waals surface area contributed by atoms with Crippen LogP contribution in [0.1, 0.15) is 22.3 Å². The highest BCUT2D eigenvalue weighted by molar-refractivity contribution is 7.98. The summed E-state index contributed by atoms with van der Waals surface area (Å²) in [5, 5.41) is 0. The molecule has 1 N–H and O–H groups in total. The molecule has 0 fully saturated rings. The molecule has 2 rings (SSSR count). The fourth-order valence-corrected chi connectivity index (χ4v) is 4.87. The second-order valence-corrected chi connectivity index (χ2v) is 8.80. The average molecular weight is 380 g/mol. The molecule has 0 aliphatic heterocycles. The van der Waals surface area contributed by atoms with Crippen molar-refractivity contribution in [2.75, 3.05) is 19.4 Å². The molecule has 0 unspecified atom stereocenters. The van der Waals surface area contributed by atoms with Gasteiger partial charge in [0.1, 0.15) is 5.75 Å². The third-order valence-corrected chi connectivity index (χ3v) is 6.72. The summed E-state index contributed by atoms with van der Waals surface area (Å²) in [6.45, 7) is 6.15. The van der Waals surface area contributed by atoms with Crippen LogP contribution in [0.2, 0.25) is 0 Å². The molecular weight excluding hydrogens is 354 g/mol. The predicted octanol–water partition coefficient (Wildman–Crippen LogP) is 3.83. The molecule has 0 atom stereocenters. The Morgan fingerprint density at radius 3 is 2.52 bits per heavy atom. The lowest BCUT2D eigenvalue weighted by molar-refractivity contribution is 0.410. The zero-order valence-electron chi connectivity index (χ0n) is 15.1. The van der Waals surface area contributed by atoms with Crippen molar-refractivity contribution in [1.29, 1.82) is 0 Å². The smallest absolute Gasteiger partial charge is 0.240 e. The molecule has 0 radical (unpaired) electrons. The van der Waals surface area contributed by atoms with Gasteiger partial charge >= 0.3 is 0 Å². The third kappa shape index (κ3) is 5.23. The van der Waals surface area contributed by atoms with Crippen LogP contribution in [-0.2, 0) is 15.8 Å². The minimum atomic E-state index is -3.51. The van der Waals surface area contributed by atoms with Crippen molar-refractivity contribution in [3.05, 3.63) is 58.7 Å². The van der Waals surface area contributed by atoms with Crippen molar-refractivity contribution in [2.45, 2.75) is 31.4 Å². The van der Waals surface area contributed by atoms with Crippen molar-refractivity contribution in [1.82, 2.24) is 4.72 Å². The van der Waals surface area contributed by atoms with Gasteiger partial charge in [0, 0.05) is 18.1 Å². The third-order valence-electron chi connectivity index (χ3n) is 4.09. The first-order valence-electron chi connectivity index (χ1n) is 8.12. The molecule has 2 aromatic carbocycles. The number of aryl methyl sites for hydroxylation is 1. The molecule has 0 saturated heterocycles. The van der Waals surface area contributed by atoms with E-state index < -0.39 is 10.0 Å². The Hall–Kier alpha value is -1.50. The molecule has 6 heteroatoms. The number of benzene rings is 2. The summed E-state index contributed by atoms with van der Waals surface area (Å²) < 4.78 is 33.0. The highest BCUT2D eigenvalue weighted by Gasteiger charge is 2.18. The lowest BCUT2D eigenvalue weighted by Crippen LogP contribution is -2.27. The number of ether oxygens (including phenoxy) is 1. The minimum absolute atomic E-state index is 0.314. The summed E-state index contributed by atoms with van der Waals surface area (Å²) in [7, 11) is -1.93. The largest absolute Gasteiger partial charge is 0.496 e. The Morgan fingerprint density at radius 1 is 1.08 bits per heavy atom. The highest BCUT2D eigenvalue weighted by Crippen LogP contribution is 2.26. The van der Waals surface area contributed by atoms with Crippen LogP contribution in [0.25, 0.3) is 0 Å². The maximum absolute atomic E-state index is 12.5. The van der Waals surface area contributed by atoms with E-state index in [1.807, 2.05) is 13.0 Å². The van der Waals surface area contributed by atoms with E-state index in [2.05, 4.69) is 29.8 Å². The van der Waals surface area contributed by atoms with E-state index in [0.717, 1.165) is 22.6 Å². The van der Waals surface area contributed by atoms with E-state index in [1.165, 1.54) is 11.1 Å². The maximum atomic E-state index is 12.5. The molecule has 0 heterocycles. The first-order chi connectivity index (χ1) is 11.8. The van der Waals surface area contributed by atoms with Gasteiger partial charge in [-0.3, -0.25) is 0 Å². The van der Waals surface area contributed by atoms with Gasteiger partial charge in [-0.25, -0.2) is 13.1 Å². The number of rotatable bonds is 8. The van der Waals surface area contributed by atoms with Crippen molar-refractivity contribution in [2.24, 2.45) is 0 Å². The fourth-order valence-electron chi connectivity index (χ4n) is 2.60. The van der Waals surface area contributed by atoms with Crippen LogP contribution < -0.4 is 9.46 Å². The van der Waals surface area contributed by atoms with Crippen LogP contribution in [0.5, 0.6) is 5.75 Å². The van der Waals surface area contributed by atoms with Crippen LogP contribution in [0.4, 0.5) is 0 Å². The van der Waals surface area contributed by atoms with Crippen LogP contribution in [-0.4, -0.2) is 27.8 Å².